The number of rotatable bonds is 2. The Morgan fingerprint density at radius 1 is 1.58 bits per heavy atom. The van der Waals surface area contributed by atoms with Crippen molar-refractivity contribution in [1.29, 1.82) is 0 Å². The highest BCUT2D eigenvalue weighted by Crippen LogP contribution is 2.00. The normalized spacial score (nSPS) is 9.50. The van der Waals surface area contributed by atoms with Crippen LogP contribution in [0.25, 0.3) is 0 Å². The summed E-state index contributed by atoms with van der Waals surface area (Å²) in [6, 6.07) is 3.11. The number of hydrogen-bond acceptors (Lipinski definition) is 3. The lowest BCUT2D eigenvalue weighted by molar-refractivity contribution is -0.0541. The van der Waals surface area contributed by atoms with Crippen molar-refractivity contribution < 1.29 is 10.0 Å². The van der Waals surface area contributed by atoms with Crippen LogP contribution < -0.4 is 0 Å². The molecular formula is C8H10N2O2. The van der Waals surface area contributed by atoms with Gasteiger partial charge in [0.25, 0.3) is 5.91 Å². The van der Waals surface area contributed by atoms with Gasteiger partial charge in [-0.1, -0.05) is 0 Å². The van der Waals surface area contributed by atoms with Crippen LogP contribution in [0.3, 0.4) is 0 Å². The lowest BCUT2D eigenvalue weighted by atomic mass is 10.2. The maximum atomic E-state index is 11.2. The van der Waals surface area contributed by atoms with E-state index in [2.05, 4.69) is 4.98 Å². The number of amides is 1. The Balaban J connectivity index is 2.79. The third-order valence-corrected chi connectivity index (χ3v) is 1.46. The number of carbonyl (C=O) groups is 1. The van der Waals surface area contributed by atoms with Gasteiger partial charge in [-0.05, 0) is 19.1 Å². The second-order valence-electron chi connectivity index (χ2n) is 2.26. The number of nitrogens with zero attached hydrogens (tertiary/aromatic N) is 2. The average Bonchev–Trinajstić information content (AvgIpc) is 2.17. The predicted molar refractivity (Wildman–Crippen MR) is 42.7 cm³/mol. The second kappa shape index (κ2) is 3.82. The molecule has 1 aromatic rings. The van der Waals surface area contributed by atoms with Crippen molar-refractivity contribution in [2.75, 3.05) is 6.54 Å². The van der Waals surface area contributed by atoms with Gasteiger partial charge in [-0.25, -0.2) is 5.06 Å². The molecule has 1 amide bonds. The SMILES string of the molecule is CCN(O)C(=O)c1ccncc1. The van der Waals surface area contributed by atoms with Gasteiger partial charge >= 0.3 is 0 Å². The fourth-order valence-electron chi connectivity index (χ4n) is 0.787. The van der Waals surface area contributed by atoms with Crippen LogP contribution in [-0.2, 0) is 0 Å². The topological polar surface area (TPSA) is 53.4 Å². The van der Waals surface area contributed by atoms with Gasteiger partial charge in [0.15, 0.2) is 0 Å². The molecule has 0 aromatic carbocycles. The second-order valence-corrected chi connectivity index (χ2v) is 2.26. The zero-order chi connectivity index (χ0) is 8.97. The summed E-state index contributed by atoms with van der Waals surface area (Å²) in [7, 11) is 0. The zero-order valence-electron chi connectivity index (χ0n) is 6.77. The van der Waals surface area contributed by atoms with Gasteiger partial charge in [0.1, 0.15) is 0 Å². The predicted octanol–water partition coefficient (Wildman–Crippen LogP) is 0.933. The molecule has 0 fully saturated rings. The first kappa shape index (κ1) is 8.67. The summed E-state index contributed by atoms with van der Waals surface area (Å²) in [5.74, 6) is -0.403. The monoisotopic (exact) mass is 166 g/mol. The number of hydrogen-bond donors (Lipinski definition) is 1. The summed E-state index contributed by atoms with van der Waals surface area (Å²) in [6.45, 7) is 1.97. The summed E-state index contributed by atoms with van der Waals surface area (Å²) < 4.78 is 0. The molecule has 0 aliphatic heterocycles. The Morgan fingerprint density at radius 3 is 2.67 bits per heavy atom. The highest BCUT2D eigenvalue weighted by molar-refractivity contribution is 5.93. The lowest BCUT2D eigenvalue weighted by Gasteiger charge is -2.11. The van der Waals surface area contributed by atoms with Crippen LogP contribution in [0.4, 0.5) is 0 Å². The molecule has 4 nitrogen and oxygen atoms in total. The van der Waals surface area contributed by atoms with E-state index in [9.17, 15) is 4.79 Å². The van der Waals surface area contributed by atoms with Crippen LogP contribution in [0.1, 0.15) is 17.3 Å². The molecule has 0 atom stereocenters. The molecule has 1 heterocycles. The van der Waals surface area contributed by atoms with Crippen molar-refractivity contribution in [3.63, 3.8) is 0 Å². The molecule has 64 valence electrons. The van der Waals surface area contributed by atoms with Crippen molar-refractivity contribution in [2.45, 2.75) is 6.92 Å². The minimum Gasteiger partial charge on any atom is -0.286 e. The fourth-order valence-corrected chi connectivity index (χ4v) is 0.787. The third kappa shape index (κ3) is 1.79. The molecule has 0 bridgehead atoms. The molecular weight excluding hydrogens is 156 g/mol. The van der Waals surface area contributed by atoms with Gasteiger partial charge in [0, 0.05) is 24.5 Å². The van der Waals surface area contributed by atoms with E-state index < -0.39 is 5.91 Å². The van der Waals surface area contributed by atoms with Crippen LogP contribution in [0.5, 0.6) is 0 Å². The molecule has 1 N–H and O–H groups in total. The van der Waals surface area contributed by atoms with Crippen LogP contribution >= 0.6 is 0 Å². The first-order chi connectivity index (χ1) is 5.75. The van der Waals surface area contributed by atoms with Gasteiger partial charge < -0.3 is 0 Å². The van der Waals surface area contributed by atoms with Crippen molar-refractivity contribution in [3.8, 4) is 0 Å². The highest BCUT2D eigenvalue weighted by Gasteiger charge is 2.09. The molecule has 12 heavy (non-hydrogen) atoms. The molecule has 0 spiro atoms. The van der Waals surface area contributed by atoms with Crippen LogP contribution in [0, 0.1) is 0 Å². The van der Waals surface area contributed by atoms with Crippen molar-refractivity contribution in [1.82, 2.24) is 10.0 Å². The van der Waals surface area contributed by atoms with E-state index >= 15 is 0 Å². The van der Waals surface area contributed by atoms with Crippen molar-refractivity contribution >= 4 is 5.91 Å². The van der Waals surface area contributed by atoms with Gasteiger partial charge in [-0.15, -0.1) is 0 Å². The minimum atomic E-state index is -0.403. The smallest absolute Gasteiger partial charge is 0.277 e. The summed E-state index contributed by atoms with van der Waals surface area (Å²) in [5.41, 5.74) is 0.439. The van der Waals surface area contributed by atoms with Crippen LogP contribution in [0.15, 0.2) is 24.5 Å². The summed E-state index contributed by atoms with van der Waals surface area (Å²) >= 11 is 0. The number of hydroxylamine groups is 2. The Labute approximate surface area is 70.4 Å². The van der Waals surface area contributed by atoms with E-state index in [1.807, 2.05) is 0 Å². The molecule has 1 rings (SSSR count). The molecule has 0 saturated heterocycles. The highest BCUT2D eigenvalue weighted by atomic mass is 16.5. The maximum absolute atomic E-state index is 11.2. The number of aromatic nitrogens is 1. The Morgan fingerprint density at radius 2 is 2.17 bits per heavy atom. The summed E-state index contributed by atoms with van der Waals surface area (Å²) in [6.07, 6.45) is 3.02. The Hall–Kier alpha value is -1.42. The molecule has 4 heteroatoms. The number of carbonyl (C=O) groups excluding carboxylic acids is 1. The Kier molecular flexibility index (Phi) is 2.76. The van der Waals surface area contributed by atoms with Crippen LogP contribution in [0.2, 0.25) is 0 Å². The average molecular weight is 166 g/mol. The fraction of sp³-hybridized carbons (Fsp3) is 0.250. The van der Waals surface area contributed by atoms with Gasteiger partial charge in [0.05, 0.1) is 0 Å². The lowest BCUT2D eigenvalue weighted by Crippen LogP contribution is -2.26. The third-order valence-electron chi connectivity index (χ3n) is 1.46. The van der Waals surface area contributed by atoms with Crippen LogP contribution in [-0.4, -0.2) is 27.7 Å². The van der Waals surface area contributed by atoms with E-state index in [0.717, 1.165) is 0 Å². The van der Waals surface area contributed by atoms with Crippen molar-refractivity contribution in [3.05, 3.63) is 30.1 Å². The van der Waals surface area contributed by atoms with Gasteiger partial charge in [0.2, 0.25) is 0 Å². The molecule has 0 aliphatic rings. The van der Waals surface area contributed by atoms with E-state index in [0.29, 0.717) is 10.6 Å². The molecule has 0 saturated carbocycles. The molecule has 0 radical (unpaired) electrons. The van der Waals surface area contributed by atoms with E-state index in [-0.39, 0.29) is 6.54 Å². The summed E-state index contributed by atoms with van der Waals surface area (Å²) in [4.78, 5) is 15.0. The quantitative estimate of drug-likeness (QED) is 0.525. The zero-order valence-corrected chi connectivity index (χ0v) is 6.77. The minimum absolute atomic E-state index is 0.279. The largest absolute Gasteiger partial charge is 0.286 e. The van der Waals surface area contributed by atoms with E-state index in [4.69, 9.17) is 5.21 Å². The molecule has 0 unspecified atom stereocenters. The van der Waals surface area contributed by atoms with Gasteiger partial charge in [-0.3, -0.25) is 15.0 Å². The first-order valence-corrected chi connectivity index (χ1v) is 3.66. The Bertz CT molecular complexity index is 261. The van der Waals surface area contributed by atoms with E-state index in [1.54, 1.807) is 19.1 Å². The summed E-state index contributed by atoms with van der Waals surface area (Å²) in [5, 5.41) is 9.71. The van der Waals surface area contributed by atoms with Gasteiger partial charge in [-0.2, -0.15) is 0 Å². The standard InChI is InChI=1S/C8H10N2O2/c1-2-10(12)8(11)7-3-5-9-6-4-7/h3-6,12H,2H2,1H3. The molecule has 1 aromatic heterocycles. The van der Waals surface area contributed by atoms with E-state index in [1.165, 1.54) is 12.4 Å². The molecule has 0 aliphatic carbocycles. The maximum Gasteiger partial charge on any atom is 0.277 e. The number of pyridine rings is 1. The first-order valence-electron chi connectivity index (χ1n) is 3.66. The van der Waals surface area contributed by atoms with Crippen molar-refractivity contribution in [2.24, 2.45) is 0 Å².